The Bertz CT molecular complexity index is 454. The van der Waals surface area contributed by atoms with Gasteiger partial charge in [0.15, 0.2) is 5.13 Å². The Balaban J connectivity index is 1.88. The van der Waals surface area contributed by atoms with Crippen LogP contribution in [0.2, 0.25) is 0 Å². The molecule has 1 amide bonds. The lowest BCUT2D eigenvalue weighted by molar-refractivity contribution is -0.139. The van der Waals surface area contributed by atoms with Crippen molar-refractivity contribution in [1.29, 1.82) is 0 Å². The molecule has 19 heavy (non-hydrogen) atoms. The van der Waals surface area contributed by atoms with E-state index in [1.807, 2.05) is 0 Å². The number of methoxy groups -OCH3 is 1. The van der Waals surface area contributed by atoms with Crippen LogP contribution in [-0.2, 0) is 25.5 Å². The topological polar surface area (TPSA) is 77.5 Å². The minimum atomic E-state index is -0.387. The van der Waals surface area contributed by atoms with Crippen LogP contribution in [0.1, 0.15) is 25.0 Å². The summed E-state index contributed by atoms with van der Waals surface area (Å²) in [5.41, 5.74) is 0.594. The largest absolute Gasteiger partial charge is 0.469 e. The minimum absolute atomic E-state index is 0.114. The average Bonchev–Trinajstić information content (AvgIpc) is 2.86. The maximum Gasteiger partial charge on any atom is 0.311 e. The monoisotopic (exact) mass is 284 g/mol. The van der Waals surface area contributed by atoms with Crippen molar-refractivity contribution in [2.75, 3.05) is 19.0 Å². The fourth-order valence-corrected chi connectivity index (χ4v) is 2.51. The number of esters is 1. The summed E-state index contributed by atoms with van der Waals surface area (Å²) in [7, 11) is 1.33. The van der Waals surface area contributed by atoms with E-state index in [4.69, 9.17) is 4.74 Å². The van der Waals surface area contributed by atoms with Gasteiger partial charge >= 0.3 is 5.97 Å². The van der Waals surface area contributed by atoms with E-state index in [0.29, 0.717) is 17.4 Å². The van der Waals surface area contributed by atoms with Crippen molar-refractivity contribution in [1.82, 2.24) is 4.98 Å². The van der Waals surface area contributed by atoms with E-state index in [2.05, 4.69) is 15.0 Å². The van der Waals surface area contributed by atoms with Gasteiger partial charge in [-0.25, -0.2) is 4.98 Å². The van der Waals surface area contributed by atoms with Crippen LogP contribution in [-0.4, -0.2) is 36.7 Å². The molecule has 1 aliphatic rings. The molecule has 1 aromatic rings. The molecule has 0 bridgehead atoms. The highest BCUT2D eigenvalue weighted by atomic mass is 32.1. The van der Waals surface area contributed by atoms with Crippen molar-refractivity contribution in [3.8, 4) is 0 Å². The Morgan fingerprint density at radius 3 is 3.11 bits per heavy atom. The lowest BCUT2D eigenvalue weighted by atomic mass is 10.1. The van der Waals surface area contributed by atoms with E-state index in [1.165, 1.54) is 18.4 Å². The summed E-state index contributed by atoms with van der Waals surface area (Å²) >= 11 is 1.29. The molecule has 0 saturated carbocycles. The number of rotatable bonds is 4. The first-order valence-electron chi connectivity index (χ1n) is 6.12. The second-order valence-electron chi connectivity index (χ2n) is 4.24. The number of aromatic nitrogens is 1. The Morgan fingerprint density at radius 2 is 2.42 bits per heavy atom. The van der Waals surface area contributed by atoms with Crippen molar-refractivity contribution in [2.45, 2.75) is 31.8 Å². The first-order valence-corrected chi connectivity index (χ1v) is 7.00. The Morgan fingerprint density at radius 1 is 1.58 bits per heavy atom. The zero-order valence-electron chi connectivity index (χ0n) is 10.7. The van der Waals surface area contributed by atoms with Crippen LogP contribution < -0.4 is 5.32 Å². The first-order chi connectivity index (χ1) is 9.19. The SMILES string of the molecule is COC(=O)Cc1csc(NC(=O)C2CCCCO2)n1. The van der Waals surface area contributed by atoms with Gasteiger partial charge in [-0.05, 0) is 19.3 Å². The summed E-state index contributed by atoms with van der Waals surface area (Å²) in [4.78, 5) is 27.2. The summed E-state index contributed by atoms with van der Waals surface area (Å²) in [6.45, 7) is 0.629. The molecule has 1 aliphatic heterocycles. The molecular formula is C12H16N2O4S. The van der Waals surface area contributed by atoms with E-state index in [0.717, 1.165) is 19.3 Å². The predicted octanol–water partition coefficient (Wildman–Crippen LogP) is 1.37. The van der Waals surface area contributed by atoms with E-state index in [1.54, 1.807) is 5.38 Å². The number of nitrogens with zero attached hydrogens (tertiary/aromatic N) is 1. The molecule has 1 unspecified atom stereocenters. The van der Waals surface area contributed by atoms with Crippen LogP contribution in [0, 0.1) is 0 Å². The second kappa shape index (κ2) is 6.63. The lowest BCUT2D eigenvalue weighted by Gasteiger charge is -2.20. The van der Waals surface area contributed by atoms with Crippen LogP contribution >= 0.6 is 11.3 Å². The van der Waals surface area contributed by atoms with Crippen LogP contribution in [0.4, 0.5) is 5.13 Å². The molecule has 0 radical (unpaired) electrons. The Hall–Kier alpha value is -1.47. The number of carbonyl (C=O) groups excluding carboxylic acids is 2. The molecule has 6 nitrogen and oxygen atoms in total. The molecule has 104 valence electrons. The van der Waals surface area contributed by atoms with Gasteiger partial charge in [0.25, 0.3) is 5.91 Å². The number of hydrogen-bond donors (Lipinski definition) is 1. The summed E-state index contributed by atoms with van der Waals surface area (Å²) in [6, 6.07) is 0. The van der Waals surface area contributed by atoms with Gasteiger partial charge in [0.1, 0.15) is 6.10 Å². The third kappa shape index (κ3) is 4.00. The summed E-state index contributed by atoms with van der Waals surface area (Å²) in [5, 5.41) is 4.93. The van der Waals surface area contributed by atoms with Gasteiger partial charge in [-0.15, -0.1) is 11.3 Å². The third-order valence-electron chi connectivity index (χ3n) is 2.81. The smallest absolute Gasteiger partial charge is 0.311 e. The van der Waals surface area contributed by atoms with Gasteiger partial charge in [0.2, 0.25) is 0 Å². The molecule has 1 aromatic heterocycles. The molecule has 1 fully saturated rings. The standard InChI is InChI=1S/C12H16N2O4S/c1-17-10(15)6-8-7-19-12(13-8)14-11(16)9-4-2-3-5-18-9/h7,9H,2-6H2,1H3,(H,13,14,16). The van der Waals surface area contributed by atoms with Crippen LogP contribution in [0.15, 0.2) is 5.38 Å². The molecule has 0 aliphatic carbocycles. The van der Waals surface area contributed by atoms with Gasteiger partial charge in [0.05, 0.1) is 19.2 Å². The normalized spacial score (nSPS) is 18.9. The summed E-state index contributed by atoms with van der Waals surface area (Å²) < 4.78 is 9.95. The number of amides is 1. The van der Waals surface area contributed by atoms with Crippen molar-refractivity contribution in [2.24, 2.45) is 0 Å². The molecule has 1 N–H and O–H groups in total. The maximum atomic E-state index is 11.9. The molecule has 1 saturated heterocycles. The molecule has 0 spiro atoms. The van der Waals surface area contributed by atoms with E-state index < -0.39 is 0 Å². The van der Waals surface area contributed by atoms with Crippen molar-refractivity contribution in [3.05, 3.63) is 11.1 Å². The highest BCUT2D eigenvalue weighted by molar-refractivity contribution is 7.13. The number of thiazole rings is 1. The van der Waals surface area contributed by atoms with E-state index in [-0.39, 0.29) is 24.4 Å². The first kappa shape index (κ1) is 14.0. The van der Waals surface area contributed by atoms with Crippen molar-refractivity contribution >= 4 is 28.3 Å². The van der Waals surface area contributed by atoms with Crippen LogP contribution in [0.3, 0.4) is 0 Å². The lowest BCUT2D eigenvalue weighted by Crippen LogP contribution is -2.33. The van der Waals surface area contributed by atoms with Crippen LogP contribution in [0.5, 0.6) is 0 Å². The van der Waals surface area contributed by atoms with Gasteiger partial charge < -0.3 is 9.47 Å². The number of carbonyl (C=O) groups is 2. The Kier molecular flexibility index (Phi) is 4.86. The minimum Gasteiger partial charge on any atom is -0.469 e. The zero-order valence-corrected chi connectivity index (χ0v) is 11.5. The van der Waals surface area contributed by atoms with Gasteiger partial charge in [-0.3, -0.25) is 14.9 Å². The van der Waals surface area contributed by atoms with Gasteiger partial charge in [0, 0.05) is 12.0 Å². The molecule has 2 rings (SSSR count). The van der Waals surface area contributed by atoms with Crippen molar-refractivity contribution in [3.63, 3.8) is 0 Å². The molecule has 1 atom stereocenters. The quantitative estimate of drug-likeness (QED) is 0.845. The van der Waals surface area contributed by atoms with E-state index >= 15 is 0 Å². The fourth-order valence-electron chi connectivity index (χ4n) is 1.80. The second-order valence-corrected chi connectivity index (χ2v) is 5.10. The maximum absolute atomic E-state index is 11.9. The van der Waals surface area contributed by atoms with Gasteiger partial charge in [-0.2, -0.15) is 0 Å². The highest BCUT2D eigenvalue weighted by Crippen LogP contribution is 2.19. The number of nitrogens with one attached hydrogen (secondary N) is 1. The molecule has 2 heterocycles. The molecular weight excluding hydrogens is 268 g/mol. The van der Waals surface area contributed by atoms with Crippen LogP contribution in [0.25, 0.3) is 0 Å². The van der Waals surface area contributed by atoms with Crippen molar-refractivity contribution < 1.29 is 19.1 Å². The van der Waals surface area contributed by atoms with Gasteiger partial charge in [-0.1, -0.05) is 0 Å². The fraction of sp³-hybridized carbons (Fsp3) is 0.583. The molecule has 7 heteroatoms. The number of hydrogen-bond acceptors (Lipinski definition) is 6. The summed E-state index contributed by atoms with van der Waals surface area (Å²) in [5.74, 6) is -0.516. The number of anilines is 1. The Labute approximate surface area is 115 Å². The molecule has 0 aromatic carbocycles. The predicted molar refractivity (Wildman–Crippen MR) is 70.1 cm³/mol. The highest BCUT2D eigenvalue weighted by Gasteiger charge is 2.22. The average molecular weight is 284 g/mol. The van der Waals surface area contributed by atoms with E-state index in [9.17, 15) is 9.59 Å². The zero-order chi connectivity index (χ0) is 13.7. The summed E-state index contributed by atoms with van der Waals surface area (Å²) in [6.07, 6.45) is 2.48. The number of ether oxygens (including phenoxy) is 2. The third-order valence-corrected chi connectivity index (χ3v) is 3.61.